The van der Waals surface area contributed by atoms with Crippen molar-refractivity contribution in [3.63, 3.8) is 0 Å². The van der Waals surface area contributed by atoms with Crippen LogP contribution in [0, 0.1) is 0 Å². The summed E-state index contributed by atoms with van der Waals surface area (Å²) in [6.45, 7) is 2.98. The van der Waals surface area contributed by atoms with Gasteiger partial charge in [-0.25, -0.2) is 0 Å². The van der Waals surface area contributed by atoms with E-state index in [9.17, 15) is 0 Å². The van der Waals surface area contributed by atoms with E-state index in [1.807, 2.05) is 24.3 Å². The maximum Gasteiger partial charge on any atom is 0.118 e. The van der Waals surface area contributed by atoms with E-state index in [0.717, 1.165) is 31.2 Å². The third-order valence-corrected chi connectivity index (χ3v) is 3.80. The van der Waals surface area contributed by atoms with Crippen molar-refractivity contribution in [3.8, 4) is 0 Å². The Labute approximate surface area is 137 Å². The zero-order chi connectivity index (χ0) is 15.9. The van der Waals surface area contributed by atoms with Crippen molar-refractivity contribution in [2.75, 3.05) is 0 Å². The molecule has 0 saturated carbocycles. The van der Waals surface area contributed by atoms with E-state index in [1.165, 1.54) is 11.1 Å². The second-order valence-corrected chi connectivity index (χ2v) is 5.69. The Morgan fingerprint density at radius 3 is 1.65 bits per heavy atom. The Hall–Kier alpha value is -2.36. The average molecular weight is 306 g/mol. The molecule has 3 rings (SSSR count). The highest BCUT2D eigenvalue weighted by molar-refractivity contribution is 5.17. The van der Waals surface area contributed by atoms with E-state index in [1.54, 1.807) is 0 Å². The van der Waals surface area contributed by atoms with Crippen molar-refractivity contribution < 1.29 is 4.42 Å². The van der Waals surface area contributed by atoms with E-state index in [0.29, 0.717) is 6.54 Å². The van der Waals surface area contributed by atoms with Gasteiger partial charge in [0.2, 0.25) is 0 Å². The molecule has 3 nitrogen and oxygen atoms in total. The van der Waals surface area contributed by atoms with E-state index in [-0.39, 0.29) is 0 Å². The molecule has 2 aromatic carbocycles. The Morgan fingerprint density at radius 2 is 1.17 bits per heavy atom. The summed E-state index contributed by atoms with van der Waals surface area (Å²) in [7, 11) is 0. The minimum atomic E-state index is 0.442. The highest BCUT2D eigenvalue weighted by Gasteiger charge is 2.11. The third-order valence-electron chi connectivity index (χ3n) is 3.80. The van der Waals surface area contributed by atoms with Crippen LogP contribution >= 0.6 is 0 Å². The van der Waals surface area contributed by atoms with Gasteiger partial charge in [-0.2, -0.15) is 0 Å². The molecule has 0 bridgehead atoms. The molecule has 0 atom stereocenters. The highest BCUT2D eigenvalue weighted by Crippen LogP contribution is 2.16. The molecule has 3 aromatic rings. The first-order valence-electron chi connectivity index (χ1n) is 7.91. The minimum absolute atomic E-state index is 0.442. The molecule has 23 heavy (non-hydrogen) atoms. The first-order valence-corrected chi connectivity index (χ1v) is 7.91. The molecule has 1 aromatic heterocycles. The first kappa shape index (κ1) is 15.5. The predicted octanol–water partition coefficient (Wildman–Crippen LogP) is 3.94. The van der Waals surface area contributed by atoms with Crippen LogP contribution in [0.4, 0.5) is 0 Å². The van der Waals surface area contributed by atoms with Gasteiger partial charge in [0.05, 0.1) is 13.1 Å². The van der Waals surface area contributed by atoms with Gasteiger partial charge in [-0.15, -0.1) is 0 Å². The standard InChI is InChI=1S/C20H22N2O/c21-13-19-11-12-20(23-19)16-22(14-17-7-3-1-4-8-17)15-18-9-5-2-6-10-18/h1-12H,13-16,21H2. The Bertz CT molecular complexity index is 665. The van der Waals surface area contributed by atoms with Crippen LogP contribution in [0.1, 0.15) is 22.6 Å². The van der Waals surface area contributed by atoms with Gasteiger partial charge in [0.1, 0.15) is 11.5 Å². The van der Waals surface area contributed by atoms with Crippen LogP contribution in [0.15, 0.2) is 77.2 Å². The van der Waals surface area contributed by atoms with Crippen molar-refractivity contribution in [3.05, 3.63) is 95.4 Å². The molecule has 3 heteroatoms. The van der Waals surface area contributed by atoms with E-state index in [2.05, 4.69) is 53.4 Å². The molecule has 0 radical (unpaired) electrons. The summed E-state index contributed by atoms with van der Waals surface area (Å²) in [5.74, 6) is 1.79. The molecule has 0 unspecified atom stereocenters. The lowest BCUT2D eigenvalue weighted by atomic mass is 10.1. The second kappa shape index (κ2) is 7.77. The minimum Gasteiger partial charge on any atom is -0.463 e. The normalized spacial score (nSPS) is 11.0. The lowest BCUT2D eigenvalue weighted by Crippen LogP contribution is -2.22. The van der Waals surface area contributed by atoms with Crippen LogP contribution < -0.4 is 5.73 Å². The second-order valence-electron chi connectivity index (χ2n) is 5.69. The van der Waals surface area contributed by atoms with E-state index < -0.39 is 0 Å². The predicted molar refractivity (Wildman–Crippen MR) is 92.4 cm³/mol. The summed E-state index contributed by atoms with van der Waals surface area (Å²) in [6, 6.07) is 25.0. The number of nitrogens with zero attached hydrogens (tertiary/aromatic N) is 1. The maximum atomic E-state index is 5.77. The Kier molecular flexibility index (Phi) is 5.25. The van der Waals surface area contributed by atoms with Gasteiger partial charge in [0.15, 0.2) is 0 Å². The molecule has 0 saturated heterocycles. The van der Waals surface area contributed by atoms with Gasteiger partial charge in [-0.3, -0.25) is 4.90 Å². The fourth-order valence-corrected chi connectivity index (χ4v) is 2.69. The van der Waals surface area contributed by atoms with Crippen LogP contribution in [-0.4, -0.2) is 4.90 Å². The molecule has 0 aliphatic heterocycles. The highest BCUT2D eigenvalue weighted by atomic mass is 16.3. The van der Waals surface area contributed by atoms with Crippen molar-refractivity contribution in [2.24, 2.45) is 5.73 Å². The zero-order valence-corrected chi connectivity index (χ0v) is 13.2. The zero-order valence-electron chi connectivity index (χ0n) is 13.2. The van der Waals surface area contributed by atoms with Crippen LogP contribution in [0.5, 0.6) is 0 Å². The van der Waals surface area contributed by atoms with Crippen LogP contribution in [0.3, 0.4) is 0 Å². The van der Waals surface area contributed by atoms with Crippen LogP contribution in [-0.2, 0) is 26.2 Å². The smallest absolute Gasteiger partial charge is 0.118 e. The van der Waals surface area contributed by atoms with Crippen LogP contribution in [0.2, 0.25) is 0 Å². The van der Waals surface area contributed by atoms with Gasteiger partial charge in [0.25, 0.3) is 0 Å². The number of rotatable bonds is 7. The summed E-state index contributed by atoms with van der Waals surface area (Å²) in [5.41, 5.74) is 8.23. The third kappa shape index (κ3) is 4.55. The number of nitrogens with two attached hydrogens (primary N) is 1. The molecule has 118 valence electrons. The van der Waals surface area contributed by atoms with Gasteiger partial charge in [-0.05, 0) is 23.3 Å². The van der Waals surface area contributed by atoms with Gasteiger partial charge < -0.3 is 10.2 Å². The quantitative estimate of drug-likeness (QED) is 0.719. The SMILES string of the molecule is NCc1ccc(CN(Cc2ccccc2)Cc2ccccc2)o1. The van der Waals surface area contributed by atoms with Crippen molar-refractivity contribution >= 4 is 0 Å². The van der Waals surface area contributed by atoms with Gasteiger partial charge >= 0.3 is 0 Å². The maximum absolute atomic E-state index is 5.77. The van der Waals surface area contributed by atoms with Crippen LogP contribution in [0.25, 0.3) is 0 Å². The van der Waals surface area contributed by atoms with Crippen molar-refractivity contribution in [1.82, 2.24) is 4.90 Å². The molecule has 1 heterocycles. The number of hydrogen-bond acceptors (Lipinski definition) is 3. The Balaban J connectivity index is 1.74. The summed E-state index contributed by atoms with van der Waals surface area (Å²) < 4.78 is 5.77. The van der Waals surface area contributed by atoms with E-state index in [4.69, 9.17) is 10.2 Å². The largest absolute Gasteiger partial charge is 0.463 e. The molecular weight excluding hydrogens is 284 g/mol. The molecule has 0 spiro atoms. The molecular formula is C20H22N2O. The lowest BCUT2D eigenvalue weighted by molar-refractivity contribution is 0.225. The first-order chi connectivity index (χ1) is 11.3. The molecule has 2 N–H and O–H groups in total. The van der Waals surface area contributed by atoms with E-state index >= 15 is 0 Å². The number of benzene rings is 2. The number of hydrogen-bond donors (Lipinski definition) is 1. The Morgan fingerprint density at radius 1 is 0.652 bits per heavy atom. The average Bonchev–Trinajstić information content (AvgIpc) is 3.04. The fraction of sp³-hybridized carbons (Fsp3) is 0.200. The number of furan rings is 1. The van der Waals surface area contributed by atoms with Gasteiger partial charge in [-0.1, -0.05) is 60.7 Å². The molecule has 0 fully saturated rings. The summed E-state index contributed by atoms with van der Waals surface area (Å²) in [6.07, 6.45) is 0. The fourth-order valence-electron chi connectivity index (χ4n) is 2.69. The summed E-state index contributed by atoms with van der Waals surface area (Å²) in [4.78, 5) is 2.38. The monoisotopic (exact) mass is 306 g/mol. The van der Waals surface area contributed by atoms with Crippen molar-refractivity contribution in [1.29, 1.82) is 0 Å². The van der Waals surface area contributed by atoms with Crippen molar-refractivity contribution in [2.45, 2.75) is 26.2 Å². The molecule has 0 aliphatic carbocycles. The summed E-state index contributed by atoms with van der Waals surface area (Å²) >= 11 is 0. The topological polar surface area (TPSA) is 42.4 Å². The molecule has 0 aliphatic rings. The lowest BCUT2D eigenvalue weighted by Gasteiger charge is -2.21. The summed E-state index contributed by atoms with van der Waals surface area (Å²) in [5, 5.41) is 0. The molecule has 0 amide bonds. The van der Waals surface area contributed by atoms with Gasteiger partial charge in [0, 0.05) is 13.1 Å².